The molecule has 1 fully saturated rings. The number of nitrogens with two attached hydrogens (primary N) is 1. The molecule has 2 N–H and O–H groups in total. The second kappa shape index (κ2) is 5.14. The van der Waals surface area contributed by atoms with Crippen molar-refractivity contribution in [2.24, 2.45) is 11.7 Å². The first-order valence-corrected chi connectivity index (χ1v) is 6.13. The second-order valence-corrected chi connectivity index (χ2v) is 4.72. The highest BCUT2D eigenvalue weighted by atomic mass is 79.9. The van der Waals surface area contributed by atoms with Gasteiger partial charge in [0.1, 0.15) is 5.76 Å². The first kappa shape index (κ1) is 11.2. The van der Waals surface area contributed by atoms with E-state index in [1.165, 1.54) is 0 Å². The molecule has 2 rings (SSSR count). The molecule has 2 heterocycles. The summed E-state index contributed by atoms with van der Waals surface area (Å²) >= 11 is 3.32. The maximum atomic E-state index is 5.83. The summed E-state index contributed by atoms with van der Waals surface area (Å²) in [4.78, 5) is 0. The number of furan rings is 1. The Morgan fingerprint density at radius 2 is 2.13 bits per heavy atom. The van der Waals surface area contributed by atoms with E-state index in [9.17, 15) is 0 Å². The molecule has 4 heteroatoms. The van der Waals surface area contributed by atoms with Crippen LogP contribution in [-0.2, 0) is 4.74 Å². The molecular weight excluding hydrogens is 258 g/mol. The zero-order chi connectivity index (χ0) is 10.7. The van der Waals surface area contributed by atoms with Crippen molar-refractivity contribution in [3.63, 3.8) is 0 Å². The van der Waals surface area contributed by atoms with Crippen molar-refractivity contribution >= 4 is 15.9 Å². The van der Waals surface area contributed by atoms with Gasteiger partial charge >= 0.3 is 0 Å². The molecular formula is C11H16BrNO2. The van der Waals surface area contributed by atoms with Crippen molar-refractivity contribution in [2.45, 2.75) is 18.8 Å². The van der Waals surface area contributed by atoms with Gasteiger partial charge in [0.25, 0.3) is 0 Å². The van der Waals surface area contributed by atoms with E-state index in [0.717, 1.165) is 36.5 Å². The van der Waals surface area contributed by atoms with Crippen LogP contribution >= 0.6 is 15.9 Å². The van der Waals surface area contributed by atoms with Crippen LogP contribution in [0.5, 0.6) is 0 Å². The van der Waals surface area contributed by atoms with Crippen LogP contribution in [0, 0.1) is 5.92 Å². The second-order valence-electron chi connectivity index (χ2n) is 3.93. The Morgan fingerprint density at radius 1 is 1.40 bits per heavy atom. The third kappa shape index (κ3) is 2.62. The average Bonchev–Trinajstić information content (AvgIpc) is 2.68. The van der Waals surface area contributed by atoms with Gasteiger partial charge in [-0.3, -0.25) is 0 Å². The van der Waals surface area contributed by atoms with Gasteiger partial charge in [-0.1, -0.05) is 0 Å². The maximum Gasteiger partial charge on any atom is 0.169 e. The van der Waals surface area contributed by atoms with Gasteiger partial charge in [-0.25, -0.2) is 0 Å². The molecule has 0 spiro atoms. The summed E-state index contributed by atoms with van der Waals surface area (Å²) in [6.07, 6.45) is 2.17. The van der Waals surface area contributed by atoms with E-state index >= 15 is 0 Å². The van der Waals surface area contributed by atoms with Crippen LogP contribution in [0.15, 0.2) is 21.2 Å². The number of halogens is 1. The Hall–Kier alpha value is -0.320. The summed E-state index contributed by atoms with van der Waals surface area (Å²) < 4.78 is 11.7. The van der Waals surface area contributed by atoms with E-state index < -0.39 is 0 Å². The molecule has 1 aromatic rings. The molecule has 0 saturated carbocycles. The lowest BCUT2D eigenvalue weighted by molar-refractivity contribution is 0.0561. The quantitative estimate of drug-likeness (QED) is 0.921. The van der Waals surface area contributed by atoms with E-state index in [0.29, 0.717) is 18.4 Å². The van der Waals surface area contributed by atoms with Gasteiger partial charge < -0.3 is 14.9 Å². The minimum absolute atomic E-state index is 0.334. The normalized spacial score (nSPS) is 20.4. The summed E-state index contributed by atoms with van der Waals surface area (Å²) in [6.45, 7) is 2.34. The SMILES string of the molecule is NCC(c1ccc(Br)o1)C1CCOCC1. The fourth-order valence-corrected chi connectivity index (χ4v) is 2.51. The fraction of sp³-hybridized carbons (Fsp3) is 0.636. The summed E-state index contributed by atoms with van der Waals surface area (Å²) in [5.41, 5.74) is 5.83. The number of hydrogen-bond acceptors (Lipinski definition) is 3. The van der Waals surface area contributed by atoms with Crippen LogP contribution in [0.25, 0.3) is 0 Å². The summed E-state index contributed by atoms with van der Waals surface area (Å²) in [7, 11) is 0. The third-order valence-electron chi connectivity index (χ3n) is 3.05. The Bertz CT molecular complexity index is 307. The van der Waals surface area contributed by atoms with Crippen LogP contribution in [0.4, 0.5) is 0 Å². The predicted molar refractivity (Wildman–Crippen MR) is 61.7 cm³/mol. The molecule has 1 atom stereocenters. The average molecular weight is 274 g/mol. The van der Waals surface area contributed by atoms with E-state index in [2.05, 4.69) is 15.9 Å². The lowest BCUT2D eigenvalue weighted by atomic mass is 9.84. The molecule has 1 aliphatic heterocycles. The molecule has 1 aromatic heterocycles. The fourth-order valence-electron chi connectivity index (χ4n) is 2.19. The van der Waals surface area contributed by atoms with Crippen molar-refractivity contribution in [1.29, 1.82) is 0 Å². The van der Waals surface area contributed by atoms with Gasteiger partial charge in [0, 0.05) is 25.7 Å². The lowest BCUT2D eigenvalue weighted by Gasteiger charge is -2.28. The van der Waals surface area contributed by atoms with Crippen LogP contribution in [0.3, 0.4) is 0 Å². The van der Waals surface area contributed by atoms with Gasteiger partial charge in [-0.2, -0.15) is 0 Å². The Labute approximate surface area is 98.1 Å². The molecule has 0 aromatic carbocycles. The van der Waals surface area contributed by atoms with E-state index in [1.807, 2.05) is 12.1 Å². The van der Waals surface area contributed by atoms with Gasteiger partial charge in [0.05, 0.1) is 0 Å². The standard InChI is InChI=1S/C11H16BrNO2/c12-11-2-1-10(15-11)9(7-13)8-3-5-14-6-4-8/h1-2,8-9H,3-7,13H2. The molecule has 0 radical (unpaired) electrons. The smallest absolute Gasteiger partial charge is 0.169 e. The molecule has 0 bridgehead atoms. The van der Waals surface area contributed by atoms with Gasteiger partial charge in [-0.05, 0) is 46.8 Å². The molecule has 0 aliphatic carbocycles. The first-order valence-electron chi connectivity index (χ1n) is 5.34. The van der Waals surface area contributed by atoms with E-state index in [-0.39, 0.29) is 0 Å². The first-order chi connectivity index (χ1) is 7.31. The number of rotatable bonds is 3. The van der Waals surface area contributed by atoms with Gasteiger partial charge in [0.2, 0.25) is 0 Å². The monoisotopic (exact) mass is 273 g/mol. The summed E-state index contributed by atoms with van der Waals surface area (Å²) in [5, 5.41) is 0. The molecule has 15 heavy (non-hydrogen) atoms. The molecule has 1 saturated heterocycles. The Morgan fingerprint density at radius 3 is 2.67 bits per heavy atom. The zero-order valence-electron chi connectivity index (χ0n) is 8.62. The van der Waals surface area contributed by atoms with E-state index in [1.54, 1.807) is 0 Å². The highest BCUT2D eigenvalue weighted by molar-refractivity contribution is 9.10. The zero-order valence-corrected chi connectivity index (χ0v) is 10.2. The van der Waals surface area contributed by atoms with Crippen LogP contribution in [-0.4, -0.2) is 19.8 Å². The largest absolute Gasteiger partial charge is 0.454 e. The lowest BCUT2D eigenvalue weighted by Crippen LogP contribution is -2.26. The predicted octanol–water partition coefficient (Wildman–Crippen LogP) is 2.51. The molecule has 0 amide bonds. The molecule has 84 valence electrons. The highest BCUT2D eigenvalue weighted by Crippen LogP contribution is 2.33. The number of hydrogen-bond donors (Lipinski definition) is 1. The molecule has 1 unspecified atom stereocenters. The summed E-state index contributed by atoms with van der Waals surface area (Å²) in [6, 6.07) is 3.94. The Balaban J connectivity index is 2.08. The maximum absolute atomic E-state index is 5.83. The van der Waals surface area contributed by atoms with Gasteiger partial charge in [-0.15, -0.1) is 0 Å². The molecule has 3 nitrogen and oxygen atoms in total. The van der Waals surface area contributed by atoms with Crippen molar-refractivity contribution < 1.29 is 9.15 Å². The van der Waals surface area contributed by atoms with Gasteiger partial charge in [0.15, 0.2) is 4.67 Å². The van der Waals surface area contributed by atoms with Crippen LogP contribution in [0.2, 0.25) is 0 Å². The van der Waals surface area contributed by atoms with Crippen molar-refractivity contribution in [3.05, 3.63) is 22.6 Å². The summed E-state index contributed by atoms with van der Waals surface area (Å²) in [5.74, 6) is 1.93. The van der Waals surface area contributed by atoms with Crippen LogP contribution in [0.1, 0.15) is 24.5 Å². The van der Waals surface area contributed by atoms with E-state index in [4.69, 9.17) is 14.9 Å². The minimum atomic E-state index is 0.334. The highest BCUT2D eigenvalue weighted by Gasteiger charge is 2.26. The number of ether oxygens (including phenoxy) is 1. The topological polar surface area (TPSA) is 48.4 Å². The minimum Gasteiger partial charge on any atom is -0.454 e. The van der Waals surface area contributed by atoms with Crippen molar-refractivity contribution in [1.82, 2.24) is 0 Å². The third-order valence-corrected chi connectivity index (χ3v) is 3.47. The Kier molecular flexibility index (Phi) is 3.83. The van der Waals surface area contributed by atoms with Crippen LogP contribution < -0.4 is 5.73 Å². The van der Waals surface area contributed by atoms with Crippen molar-refractivity contribution in [3.8, 4) is 0 Å². The molecule has 1 aliphatic rings. The van der Waals surface area contributed by atoms with Crippen molar-refractivity contribution in [2.75, 3.05) is 19.8 Å².